The summed E-state index contributed by atoms with van der Waals surface area (Å²) >= 11 is 1.60. The fourth-order valence-electron chi connectivity index (χ4n) is 1.23. The lowest BCUT2D eigenvalue weighted by molar-refractivity contribution is 1.04. The van der Waals surface area contributed by atoms with Gasteiger partial charge in [-0.2, -0.15) is 0 Å². The Morgan fingerprint density at radius 2 is 2.21 bits per heavy atom. The van der Waals surface area contributed by atoms with E-state index in [2.05, 4.69) is 4.98 Å². The third kappa shape index (κ3) is 1.76. The summed E-state index contributed by atoms with van der Waals surface area (Å²) in [5.41, 5.74) is 13.1. The zero-order valence-electron chi connectivity index (χ0n) is 7.60. The number of benzene rings is 1. The lowest BCUT2D eigenvalue weighted by Gasteiger charge is -1.97. The van der Waals surface area contributed by atoms with Crippen LogP contribution in [0.3, 0.4) is 0 Å². The number of nitrogen functional groups attached to an aromatic ring is 1. The van der Waals surface area contributed by atoms with Crippen molar-refractivity contribution in [2.24, 2.45) is 5.73 Å². The highest BCUT2D eigenvalue weighted by Crippen LogP contribution is 2.26. The van der Waals surface area contributed by atoms with Gasteiger partial charge in [0.1, 0.15) is 5.01 Å². The predicted molar refractivity (Wildman–Crippen MR) is 59.9 cm³/mol. The normalized spacial score (nSPS) is 10.4. The highest BCUT2D eigenvalue weighted by atomic mass is 32.1. The van der Waals surface area contributed by atoms with Crippen LogP contribution in [0.25, 0.3) is 10.4 Å². The summed E-state index contributed by atoms with van der Waals surface area (Å²) in [5, 5.41) is 0.947. The summed E-state index contributed by atoms with van der Waals surface area (Å²) < 4.78 is 0. The molecule has 0 saturated carbocycles. The number of rotatable bonds is 2. The van der Waals surface area contributed by atoms with Gasteiger partial charge < -0.3 is 11.5 Å². The van der Waals surface area contributed by atoms with Gasteiger partial charge in [0.2, 0.25) is 0 Å². The molecule has 14 heavy (non-hydrogen) atoms. The predicted octanol–water partition coefficient (Wildman–Crippen LogP) is 1.85. The third-order valence-electron chi connectivity index (χ3n) is 1.90. The first-order valence-electron chi connectivity index (χ1n) is 4.30. The van der Waals surface area contributed by atoms with Crippen LogP contribution in [-0.2, 0) is 6.54 Å². The molecule has 2 rings (SSSR count). The fourth-order valence-corrected chi connectivity index (χ4v) is 2.02. The highest BCUT2D eigenvalue weighted by molar-refractivity contribution is 7.15. The summed E-state index contributed by atoms with van der Waals surface area (Å²) in [6.07, 6.45) is 1.83. The zero-order valence-corrected chi connectivity index (χ0v) is 8.42. The molecular formula is C10H11N3S. The standard InChI is InChI=1S/C10H11N3S/c11-5-10-13-6-9(14-10)7-2-1-3-8(12)4-7/h1-4,6H,5,11-12H2. The van der Waals surface area contributed by atoms with Crippen LogP contribution in [0.2, 0.25) is 0 Å². The minimum atomic E-state index is 0.493. The number of nitrogens with two attached hydrogens (primary N) is 2. The first kappa shape index (κ1) is 9.18. The molecule has 0 fully saturated rings. The van der Waals surface area contributed by atoms with Crippen molar-refractivity contribution in [1.82, 2.24) is 4.98 Å². The van der Waals surface area contributed by atoms with Gasteiger partial charge in [-0.15, -0.1) is 11.3 Å². The van der Waals surface area contributed by atoms with Crippen LogP contribution in [0, 0.1) is 0 Å². The van der Waals surface area contributed by atoms with Crippen LogP contribution in [0.4, 0.5) is 5.69 Å². The van der Waals surface area contributed by atoms with Crippen molar-refractivity contribution in [2.45, 2.75) is 6.54 Å². The minimum Gasteiger partial charge on any atom is -0.399 e. The number of nitrogens with zero attached hydrogens (tertiary/aromatic N) is 1. The van der Waals surface area contributed by atoms with E-state index >= 15 is 0 Å². The van der Waals surface area contributed by atoms with E-state index < -0.39 is 0 Å². The molecule has 72 valence electrons. The topological polar surface area (TPSA) is 64.9 Å². The van der Waals surface area contributed by atoms with Crippen molar-refractivity contribution in [3.05, 3.63) is 35.5 Å². The van der Waals surface area contributed by atoms with Crippen LogP contribution in [0.15, 0.2) is 30.5 Å². The lowest BCUT2D eigenvalue weighted by atomic mass is 10.2. The van der Waals surface area contributed by atoms with Crippen molar-refractivity contribution < 1.29 is 0 Å². The molecule has 1 aromatic heterocycles. The van der Waals surface area contributed by atoms with Crippen LogP contribution >= 0.6 is 11.3 Å². The third-order valence-corrected chi connectivity index (χ3v) is 2.97. The molecule has 0 amide bonds. The molecule has 3 nitrogen and oxygen atoms in total. The second-order valence-electron chi connectivity index (χ2n) is 2.95. The second kappa shape index (κ2) is 3.77. The average Bonchev–Trinajstić information content (AvgIpc) is 2.66. The van der Waals surface area contributed by atoms with Gasteiger partial charge in [-0.25, -0.2) is 4.98 Å². The maximum absolute atomic E-state index is 5.69. The minimum absolute atomic E-state index is 0.493. The number of aromatic nitrogens is 1. The molecule has 0 spiro atoms. The molecule has 4 N–H and O–H groups in total. The van der Waals surface area contributed by atoms with Gasteiger partial charge in [0, 0.05) is 18.4 Å². The Morgan fingerprint density at radius 1 is 1.36 bits per heavy atom. The van der Waals surface area contributed by atoms with E-state index in [0.717, 1.165) is 21.1 Å². The SMILES string of the molecule is NCc1ncc(-c2cccc(N)c2)s1. The molecule has 0 atom stereocenters. The molecule has 0 aliphatic carbocycles. The number of hydrogen-bond acceptors (Lipinski definition) is 4. The molecule has 1 aromatic carbocycles. The molecule has 4 heteroatoms. The molecule has 0 bridgehead atoms. The summed E-state index contributed by atoms with van der Waals surface area (Å²) in [6, 6.07) is 7.76. The summed E-state index contributed by atoms with van der Waals surface area (Å²) in [7, 11) is 0. The van der Waals surface area contributed by atoms with Gasteiger partial charge in [0.15, 0.2) is 0 Å². The fraction of sp³-hybridized carbons (Fsp3) is 0.100. The maximum Gasteiger partial charge on any atom is 0.107 e. The Labute approximate surface area is 86.4 Å². The second-order valence-corrected chi connectivity index (χ2v) is 4.06. The number of anilines is 1. The molecule has 0 radical (unpaired) electrons. The van der Waals surface area contributed by atoms with Crippen LogP contribution < -0.4 is 11.5 Å². The van der Waals surface area contributed by atoms with Gasteiger partial charge in [-0.1, -0.05) is 12.1 Å². The molecule has 2 aromatic rings. The van der Waals surface area contributed by atoms with Crippen molar-refractivity contribution in [3.8, 4) is 10.4 Å². The maximum atomic E-state index is 5.69. The number of thiazole rings is 1. The van der Waals surface area contributed by atoms with E-state index in [1.54, 1.807) is 11.3 Å². The molecule has 0 aliphatic rings. The Balaban J connectivity index is 2.39. The molecule has 1 heterocycles. The van der Waals surface area contributed by atoms with Gasteiger partial charge >= 0.3 is 0 Å². The summed E-state index contributed by atoms with van der Waals surface area (Å²) in [4.78, 5) is 5.30. The van der Waals surface area contributed by atoms with Gasteiger partial charge in [-0.3, -0.25) is 0 Å². The van der Waals surface area contributed by atoms with Gasteiger partial charge in [0.25, 0.3) is 0 Å². The van der Waals surface area contributed by atoms with Crippen molar-refractivity contribution >= 4 is 17.0 Å². The summed E-state index contributed by atoms with van der Waals surface area (Å²) in [5.74, 6) is 0. The Hall–Kier alpha value is -1.39. The Kier molecular flexibility index (Phi) is 2.47. The van der Waals surface area contributed by atoms with Crippen molar-refractivity contribution in [3.63, 3.8) is 0 Å². The molecule has 0 aliphatic heterocycles. The Morgan fingerprint density at radius 3 is 2.86 bits per heavy atom. The number of hydrogen-bond donors (Lipinski definition) is 2. The summed E-state index contributed by atoms with van der Waals surface area (Å²) in [6.45, 7) is 0.493. The van der Waals surface area contributed by atoms with E-state index in [0.29, 0.717) is 6.54 Å². The quantitative estimate of drug-likeness (QED) is 0.735. The molecular weight excluding hydrogens is 194 g/mol. The first-order chi connectivity index (χ1) is 6.79. The van der Waals surface area contributed by atoms with E-state index in [-0.39, 0.29) is 0 Å². The van der Waals surface area contributed by atoms with Gasteiger partial charge in [-0.05, 0) is 17.7 Å². The Bertz CT molecular complexity index is 436. The van der Waals surface area contributed by atoms with Crippen LogP contribution in [0.5, 0.6) is 0 Å². The van der Waals surface area contributed by atoms with E-state index in [1.165, 1.54) is 0 Å². The average molecular weight is 205 g/mol. The zero-order chi connectivity index (χ0) is 9.97. The molecule has 0 saturated heterocycles. The van der Waals surface area contributed by atoms with Crippen LogP contribution in [0.1, 0.15) is 5.01 Å². The van der Waals surface area contributed by atoms with Gasteiger partial charge in [0.05, 0.1) is 4.88 Å². The van der Waals surface area contributed by atoms with E-state index in [4.69, 9.17) is 11.5 Å². The van der Waals surface area contributed by atoms with Crippen molar-refractivity contribution in [1.29, 1.82) is 0 Å². The van der Waals surface area contributed by atoms with Crippen molar-refractivity contribution in [2.75, 3.05) is 5.73 Å². The smallest absolute Gasteiger partial charge is 0.107 e. The van der Waals surface area contributed by atoms with E-state index in [9.17, 15) is 0 Å². The monoisotopic (exact) mass is 205 g/mol. The first-order valence-corrected chi connectivity index (χ1v) is 5.12. The van der Waals surface area contributed by atoms with E-state index in [1.807, 2.05) is 30.5 Å². The van der Waals surface area contributed by atoms with Crippen LogP contribution in [-0.4, -0.2) is 4.98 Å². The highest BCUT2D eigenvalue weighted by Gasteiger charge is 2.02. The largest absolute Gasteiger partial charge is 0.399 e. The lowest BCUT2D eigenvalue weighted by Crippen LogP contribution is -1.93. The molecule has 0 unspecified atom stereocenters.